The van der Waals surface area contributed by atoms with Crippen molar-refractivity contribution in [3.8, 4) is 0 Å². The molecule has 1 aromatic carbocycles. The molecule has 1 nitrogen and oxygen atoms in total. The van der Waals surface area contributed by atoms with Crippen molar-refractivity contribution in [3.63, 3.8) is 0 Å². The van der Waals surface area contributed by atoms with Crippen molar-refractivity contribution in [2.45, 2.75) is 10.0 Å². The molecular weight excluding hydrogens is 232 g/mol. The monoisotopic (exact) mass is 242 g/mol. The Labute approximate surface area is 96.4 Å². The predicted octanol–water partition coefficient (Wildman–Crippen LogP) is 3.84. The van der Waals surface area contributed by atoms with Gasteiger partial charge in [0.15, 0.2) is 0 Å². The highest BCUT2D eigenvalue weighted by molar-refractivity contribution is 8.31. The van der Waals surface area contributed by atoms with Crippen molar-refractivity contribution in [1.29, 1.82) is 0 Å². The topological polar surface area (TPSA) is 9.23 Å². The van der Waals surface area contributed by atoms with E-state index in [9.17, 15) is 0 Å². The van der Waals surface area contributed by atoms with Gasteiger partial charge >= 0.3 is 0 Å². The van der Waals surface area contributed by atoms with Gasteiger partial charge < -0.3 is 4.74 Å². The molecule has 1 aromatic rings. The molecule has 0 amide bonds. The van der Waals surface area contributed by atoms with E-state index in [-0.39, 0.29) is 0 Å². The summed E-state index contributed by atoms with van der Waals surface area (Å²) in [4.78, 5) is 0. The minimum atomic E-state index is 0.297. The van der Waals surface area contributed by atoms with Crippen LogP contribution in [0, 0.1) is 0 Å². The first-order chi connectivity index (χ1) is 6.93. The number of hydrogen-bond donors (Lipinski definition) is 0. The zero-order valence-corrected chi connectivity index (χ0v) is 9.96. The van der Waals surface area contributed by atoms with Gasteiger partial charge in [-0.2, -0.15) is 0 Å². The van der Waals surface area contributed by atoms with E-state index in [0.29, 0.717) is 10.0 Å². The van der Waals surface area contributed by atoms with E-state index < -0.39 is 0 Å². The second-order valence-electron chi connectivity index (χ2n) is 3.23. The third-order valence-corrected chi connectivity index (χ3v) is 6.40. The summed E-state index contributed by atoms with van der Waals surface area (Å²) in [5.74, 6) is 0.848. The molecule has 2 aliphatic rings. The molecule has 4 heteroatoms. The lowest BCUT2D eigenvalue weighted by Crippen LogP contribution is -2.11. The summed E-state index contributed by atoms with van der Waals surface area (Å²) in [7, 11) is 0. The van der Waals surface area contributed by atoms with Crippen LogP contribution in [-0.2, 0) is 4.74 Å². The maximum absolute atomic E-state index is 5.41. The molecule has 1 atom stereocenters. The molecule has 2 aliphatic heterocycles. The second kappa shape index (κ2) is 4.00. The van der Waals surface area contributed by atoms with Crippen molar-refractivity contribution in [2.24, 2.45) is 0 Å². The first kappa shape index (κ1) is 9.46. The first-order valence-electron chi connectivity index (χ1n) is 4.50. The quantitative estimate of drug-likeness (QED) is 0.778. The highest BCUT2D eigenvalue weighted by Gasteiger charge is 2.23. The van der Waals surface area contributed by atoms with E-state index in [2.05, 4.69) is 24.3 Å². The first-order valence-corrected chi connectivity index (χ1v) is 7.64. The van der Waals surface area contributed by atoms with Gasteiger partial charge in [-0.15, -0.1) is 23.5 Å². The lowest BCUT2D eigenvalue weighted by Gasteiger charge is -2.27. The molecule has 74 valence electrons. The largest absolute Gasteiger partial charge is 0.352 e. The van der Waals surface area contributed by atoms with Crippen molar-refractivity contribution >= 4 is 35.3 Å². The van der Waals surface area contributed by atoms with Gasteiger partial charge in [-0.25, -0.2) is 0 Å². The average Bonchev–Trinajstić information content (AvgIpc) is 2.02. The fourth-order valence-electron chi connectivity index (χ4n) is 1.47. The Morgan fingerprint density at radius 2 is 1.64 bits per heavy atom. The Morgan fingerprint density at radius 1 is 1.00 bits per heavy atom. The van der Waals surface area contributed by atoms with Gasteiger partial charge in [-0.05, 0) is 11.1 Å². The van der Waals surface area contributed by atoms with Crippen LogP contribution in [0.5, 0.6) is 0 Å². The van der Waals surface area contributed by atoms with Gasteiger partial charge in [0.2, 0.25) is 0 Å². The summed E-state index contributed by atoms with van der Waals surface area (Å²) >= 11 is 5.90. The normalized spacial score (nSPS) is 26.7. The number of ether oxygens (including phenoxy) is 1. The summed E-state index contributed by atoms with van der Waals surface area (Å²) < 4.78 is 6.09. The molecule has 0 aromatic heterocycles. The van der Waals surface area contributed by atoms with Gasteiger partial charge in [-0.3, -0.25) is 0 Å². The number of rotatable bonds is 2. The molecule has 2 saturated heterocycles. The molecule has 3 rings (SSSR count). The SMILES string of the molecule is c1cc(C2SCS2)ccc1C1OCS1. The highest BCUT2D eigenvalue weighted by atomic mass is 32.3. The summed E-state index contributed by atoms with van der Waals surface area (Å²) in [6.07, 6.45) is 0. The Hall–Kier alpha value is 0.230. The summed E-state index contributed by atoms with van der Waals surface area (Å²) in [6.45, 7) is 0. The maximum Gasteiger partial charge on any atom is 0.131 e. The van der Waals surface area contributed by atoms with Crippen LogP contribution in [0.1, 0.15) is 21.1 Å². The van der Waals surface area contributed by atoms with Gasteiger partial charge in [-0.1, -0.05) is 36.0 Å². The minimum Gasteiger partial charge on any atom is -0.352 e. The molecule has 0 N–H and O–H groups in total. The fraction of sp³-hybridized carbons (Fsp3) is 0.400. The van der Waals surface area contributed by atoms with Crippen molar-refractivity contribution in [3.05, 3.63) is 35.4 Å². The molecular formula is C10H10OS3. The minimum absolute atomic E-state index is 0.297. The standard InChI is InChI=1S/C10H10OS3/c1-3-8(10-13-6-14-10)4-2-7(1)9-11-5-12-9/h1-4,9-10H,5-6H2. The van der Waals surface area contributed by atoms with Crippen LogP contribution in [0.2, 0.25) is 0 Å². The van der Waals surface area contributed by atoms with Crippen LogP contribution in [0.3, 0.4) is 0 Å². The third-order valence-electron chi connectivity index (χ3n) is 2.36. The lowest BCUT2D eigenvalue weighted by molar-refractivity contribution is 0.124. The van der Waals surface area contributed by atoms with Crippen LogP contribution in [0.4, 0.5) is 0 Å². The van der Waals surface area contributed by atoms with Crippen LogP contribution in [0.15, 0.2) is 24.3 Å². The fourth-order valence-corrected chi connectivity index (χ4v) is 3.88. The van der Waals surface area contributed by atoms with Crippen LogP contribution >= 0.6 is 35.3 Å². The van der Waals surface area contributed by atoms with Crippen LogP contribution in [-0.4, -0.2) is 11.0 Å². The van der Waals surface area contributed by atoms with Gasteiger partial charge in [0.1, 0.15) is 5.44 Å². The zero-order chi connectivity index (χ0) is 9.38. The molecule has 0 saturated carbocycles. The predicted molar refractivity (Wildman–Crippen MR) is 65.5 cm³/mol. The van der Waals surface area contributed by atoms with Gasteiger partial charge in [0.25, 0.3) is 0 Å². The van der Waals surface area contributed by atoms with Crippen molar-refractivity contribution in [1.82, 2.24) is 0 Å². The van der Waals surface area contributed by atoms with E-state index in [1.54, 1.807) is 0 Å². The van der Waals surface area contributed by atoms with Gasteiger partial charge in [0.05, 0.1) is 10.5 Å². The highest BCUT2D eigenvalue weighted by Crippen LogP contribution is 2.51. The maximum atomic E-state index is 5.41. The molecule has 0 radical (unpaired) electrons. The number of benzene rings is 1. The molecule has 2 heterocycles. The Morgan fingerprint density at radius 3 is 2.07 bits per heavy atom. The van der Waals surface area contributed by atoms with E-state index >= 15 is 0 Å². The smallest absolute Gasteiger partial charge is 0.131 e. The van der Waals surface area contributed by atoms with E-state index in [0.717, 1.165) is 5.94 Å². The molecule has 14 heavy (non-hydrogen) atoms. The summed E-state index contributed by atoms with van der Waals surface area (Å²) in [5.41, 5.74) is 3.05. The van der Waals surface area contributed by atoms with E-state index in [1.807, 2.05) is 35.3 Å². The van der Waals surface area contributed by atoms with E-state index in [1.165, 1.54) is 16.2 Å². The van der Waals surface area contributed by atoms with E-state index in [4.69, 9.17) is 4.74 Å². The third kappa shape index (κ3) is 1.69. The number of hydrogen-bond acceptors (Lipinski definition) is 4. The molecule has 0 spiro atoms. The molecule has 1 unspecified atom stereocenters. The Bertz CT molecular complexity index is 284. The Kier molecular flexibility index (Phi) is 2.70. The van der Waals surface area contributed by atoms with Crippen molar-refractivity contribution < 1.29 is 4.74 Å². The second-order valence-corrected chi connectivity index (χ2v) is 7.08. The van der Waals surface area contributed by atoms with Crippen LogP contribution < -0.4 is 0 Å². The number of thioether (sulfide) groups is 3. The van der Waals surface area contributed by atoms with Gasteiger partial charge in [0, 0.05) is 5.08 Å². The molecule has 0 aliphatic carbocycles. The average molecular weight is 242 g/mol. The summed E-state index contributed by atoms with van der Waals surface area (Å²) in [5, 5.41) is 1.24. The Balaban J connectivity index is 1.75. The van der Waals surface area contributed by atoms with Crippen LogP contribution in [0.25, 0.3) is 0 Å². The zero-order valence-electron chi connectivity index (χ0n) is 7.51. The lowest BCUT2D eigenvalue weighted by atomic mass is 10.1. The molecule has 2 fully saturated rings. The molecule has 0 bridgehead atoms. The van der Waals surface area contributed by atoms with Crippen molar-refractivity contribution in [2.75, 3.05) is 11.0 Å². The summed E-state index contributed by atoms with van der Waals surface area (Å²) in [6, 6.07) is 8.88.